The predicted molar refractivity (Wildman–Crippen MR) is 566 cm³/mol. The predicted octanol–water partition coefficient (Wildman–Crippen LogP) is 34.8. The van der Waals surface area contributed by atoms with Crippen LogP contribution in [0, 0.1) is 0 Å². The summed E-state index contributed by atoms with van der Waals surface area (Å²) in [5, 5.41) is 20.6. The van der Waals surface area contributed by atoms with Crippen molar-refractivity contribution in [1.82, 2.24) is 27.4 Å². The van der Waals surface area contributed by atoms with Crippen LogP contribution in [-0.2, 0) is 10.8 Å². The molecule has 10 aromatic heterocycles. The molecule has 0 N–H and O–H groups in total. The molecule has 0 amide bonds. The number of rotatable bonds is 8. The van der Waals surface area contributed by atoms with Crippen LogP contribution < -0.4 is 0 Å². The molecule has 0 saturated heterocycles. The van der Waals surface area contributed by atoms with Crippen molar-refractivity contribution in [2.75, 3.05) is 0 Å². The van der Waals surface area contributed by atoms with Gasteiger partial charge >= 0.3 is 0 Å². The smallest absolute Gasteiger partial charge is 0.109 e. The highest BCUT2D eigenvalue weighted by Crippen LogP contribution is 2.56. The van der Waals surface area contributed by atoms with Crippen molar-refractivity contribution < 1.29 is 0 Å². The summed E-state index contributed by atoms with van der Waals surface area (Å²) < 4.78 is 20.3. The van der Waals surface area contributed by atoms with E-state index in [1.165, 1.54) is 258 Å². The number of para-hydroxylation sites is 6. The second-order valence-electron chi connectivity index (χ2n) is 36.9. The van der Waals surface area contributed by atoms with Gasteiger partial charge in [0.1, 0.15) is 19.3 Å². The van der Waals surface area contributed by atoms with Crippen LogP contribution >= 0.6 is 45.3 Å². The van der Waals surface area contributed by atoms with Crippen LogP contribution in [0.4, 0.5) is 0 Å². The van der Waals surface area contributed by atoms with Crippen molar-refractivity contribution >= 4 is 214 Å². The molecule has 28 aromatic rings. The molecule has 18 aromatic carbocycles. The zero-order chi connectivity index (χ0) is 86.8. The lowest BCUT2D eigenvalue weighted by Gasteiger charge is -2.21. The fraction of sp³-hybridized carbons (Fsp3) is 0.0492. The number of benzene rings is 18. The van der Waals surface area contributed by atoms with Crippen molar-refractivity contribution in [3.8, 4) is 78.6 Å². The fourth-order valence-electron chi connectivity index (χ4n) is 23.4. The van der Waals surface area contributed by atoms with E-state index in [1.807, 2.05) is 45.3 Å². The molecule has 0 saturated carbocycles. The van der Waals surface area contributed by atoms with Gasteiger partial charge in [0.15, 0.2) is 0 Å². The van der Waals surface area contributed by atoms with Crippen LogP contribution in [0.15, 0.2) is 400 Å². The Morgan fingerprint density at radius 1 is 0.182 bits per heavy atom. The standard InChI is InChI=1S/C64H38N4S2.C58H40N2S2/c1-3-17-41(18-4-1)65-51-27-11-7-21-43(51)45-25-15-29-55(61(45)65)67-53-35-33-39(37-49(53)59-47-23-9-13-31-57(47)69-63(59)67)40-34-36-54-50(38-40)60-48-24-10-14-32-58(48)70-64(60)68(54)56-30-16-26-46-44-22-8-12-28-52(44)66(62(46)56)42-19-5-2-6-20-42;1-57(2)45-17-9-5-13-37(45)41-31-35(23-25-47(41)57)59-49-27-21-33(29-43(49)53-39-15-7-11-19-51(39)61-55(53)59)34-22-28-50-44(30-34)54-40-16-8-12-20-52(40)62-56(54)60(50)36-24-26-48-42(32-36)38-14-6-10-18-46(38)58(48,3)4/h1-38H;5-32H,1-4H3. The Kier molecular flexibility index (Phi) is 15.6. The van der Waals surface area contributed by atoms with E-state index in [4.69, 9.17) is 0 Å². The number of hydrogen-bond donors (Lipinski definition) is 0. The number of fused-ring (bicyclic) bond motifs is 32. The first-order chi connectivity index (χ1) is 65.0. The van der Waals surface area contributed by atoms with Gasteiger partial charge in [0.05, 0.1) is 55.5 Å². The molecule has 0 spiro atoms. The van der Waals surface area contributed by atoms with Gasteiger partial charge in [-0.15, -0.1) is 45.3 Å². The Morgan fingerprint density at radius 2 is 0.462 bits per heavy atom. The lowest BCUT2D eigenvalue weighted by Crippen LogP contribution is -2.14. The second-order valence-corrected chi connectivity index (χ2v) is 41.0. The van der Waals surface area contributed by atoms with Crippen molar-refractivity contribution in [3.63, 3.8) is 0 Å². The molecule has 0 radical (unpaired) electrons. The third kappa shape index (κ3) is 10.3. The van der Waals surface area contributed by atoms with E-state index in [0.29, 0.717) is 0 Å². The first kappa shape index (κ1) is 74.5. The molecule has 30 rings (SSSR count). The largest absolute Gasteiger partial charge is 0.307 e. The van der Waals surface area contributed by atoms with E-state index in [9.17, 15) is 0 Å². The number of hydrogen-bond acceptors (Lipinski definition) is 4. The molecule has 0 aliphatic heterocycles. The van der Waals surface area contributed by atoms with Gasteiger partial charge in [-0.1, -0.05) is 282 Å². The Balaban J connectivity index is 0.000000130. The SMILES string of the molecule is CC1(C)c2ccccc2-c2cc(-n3c4ccc(-c5ccc6c(c5)c5c7ccccc7sc5n6-c5ccc6c(c5)-c5ccccc5C6(C)C)cc4c4c5ccccc5sc43)ccc21.c1ccc(-n2c3ccccc3c3cccc(-n4c5ccc(-c6ccc7c(c6)c6c8ccccc8sc6n7-c6cccc7c8ccccc8n(-c8ccccc8)c67)cc5c5c6ccccc6sc54)c32)cc1. The van der Waals surface area contributed by atoms with Gasteiger partial charge in [0.2, 0.25) is 0 Å². The minimum Gasteiger partial charge on any atom is -0.307 e. The molecule has 132 heavy (non-hydrogen) atoms. The summed E-state index contributed by atoms with van der Waals surface area (Å²) in [6.07, 6.45) is 0. The second kappa shape index (κ2) is 27.6. The minimum absolute atomic E-state index is 0.0292. The Bertz CT molecular complexity index is 9320. The lowest BCUT2D eigenvalue weighted by molar-refractivity contribution is 0.660. The zero-order valence-electron chi connectivity index (χ0n) is 72.4. The van der Waals surface area contributed by atoms with Crippen molar-refractivity contribution in [3.05, 3.63) is 423 Å². The molecule has 10 heterocycles. The Labute approximate surface area is 774 Å². The van der Waals surface area contributed by atoms with E-state index >= 15 is 0 Å². The van der Waals surface area contributed by atoms with Gasteiger partial charge < -0.3 is 18.3 Å². The summed E-state index contributed by atoms with van der Waals surface area (Å²) in [4.78, 5) is 5.10. The molecule has 0 bridgehead atoms. The molecule has 2 aliphatic rings. The highest BCUT2D eigenvalue weighted by Gasteiger charge is 2.38. The Hall–Kier alpha value is -15.4. The van der Waals surface area contributed by atoms with Crippen molar-refractivity contribution in [1.29, 1.82) is 0 Å². The van der Waals surface area contributed by atoms with Gasteiger partial charge in [0.25, 0.3) is 0 Å². The molecule has 6 nitrogen and oxygen atoms in total. The summed E-state index contributed by atoms with van der Waals surface area (Å²) in [7, 11) is 0. The number of nitrogens with zero attached hydrogens (tertiary/aromatic N) is 6. The van der Waals surface area contributed by atoms with Crippen molar-refractivity contribution in [2.24, 2.45) is 0 Å². The normalized spacial score (nSPS) is 13.4. The molecule has 0 atom stereocenters. The van der Waals surface area contributed by atoms with Crippen LogP contribution in [0.2, 0.25) is 0 Å². The summed E-state index contributed by atoms with van der Waals surface area (Å²) in [6.45, 7) is 9.44. The molecule has 0 unspecified atom stereocenters. The third-order valence-corrected chi connectivity index (χ3v) is 33.9. The van der Waals surface area contributed by atoms with Gasteiger partial charge in [-0.2, -0.15) is 0 Å². The van der Waals surface area contributed by atoms with E-state index in [-0.39, 0.29) is 10.8 Å². The summed E-state index contributed by atoms with van der Waals surface area (Å²) >= 11 is 7.57. The summed E-state index contributed by atoms with van der Waals surface area (Å²) in [5.74, 6) is 0. The van der Waals surface area contributed by atoms with E-state index in [2.05, 4.69) is 455 Å². The van der Waals surface area contributed by atoms with Gasteiger partial charge in [0, 0.05) is 139 Å². The topological polar surface area (TPSA) is 29.6 Å². The van der Waals surface area contributed by atoms with E-state index < -0.39 is 0 Å². The third-order valence-electron chi connectivity index (χ3n) is 29.3. The minimum atomic E-state index is -0.0292. The van der Waals surface area contributed by atoms with E-state index in [0.717, 1.165) is 11.4 Å². The first-order valence-corrected chi connectivity index (χ1v) is 48.8. The van der Waals surface area contributed by atoms with Gasteiger partial charge in [-0.05, 0) is 212 Å². The van der Waals surface area contributed by atoms with Crippen LogP contribution in [-0.4, -0.2) is 27.4 Å². The zero-order valence-corrected chi connectivity index (χ0v) is 75.7. The Morgan fingerprint density at radius 3 is 0.826 bits per heavy atom. The molecule has 620 valence electrons. The average Bonchev–Trinajstić information content (AvgIpc) is 1.54. The fourth-order valence-corrected chi connectivity index (χ4v) is 28.4. The molecular weight excluding hydrogens is 1680 g/mol. The van der Waals surface area contributed by atoms with E-state index in [1.54, 1.807) is 0 Å². The molecule has 2 aliphatic carbocycles. The van der Waals surface area contributed by atoms with Crippen LogP contribution in [0.3, 0.4) is 0 Å². The monoisotopic (exact) mass is 1750 g/mol. The van der Waals surface area contributed by atoms with Crippen LogP contribution in [0.1, 0.15) is 49.9 Å². The number of thiophene rings is 4. The molecule has 10 heteroatoms. The average molecular weight is 1760 g/mol. The summed E-state index contributed by atoms with van der Waals surface area (Å²) in [6, 6.07) is 150. The first-order valence-electron chi connectivity index (χ1n) is 45.5. The maximum Gasteiger partial charge on any atom is 0.109 e. The van der Waals surface area contributed by atoms with Crippen LogP contribution in [0.25, 0.3) is 247 Å². The molecule has 0 fully saturated rings. The van der Waals surface area contributed by atoms with Gasteiger partial charge in [-0.25, -0.2) is 0 Å². The highest BCUT2D eigenvalue weighted by molar-refractivity contribution is 7.27. The lowest BCUT2D eigenvalue weighted by atomic mass is 9.82. The van der Waals surface area contributed by atoms with Crippen LogP contribution in [0.5, 0.6) is 0 Å². The van der Waals surface area contributed by atoms with Crippen molar-refractivity contribution in [2.45, 2.75) is 38.5 Å². The molecular formula is C122H78N6S4. The maximum absolute atomic E-state index is 2.54. The quantitative estimate of drug-likeness (QED) is 0.145. The summed E-state index contributed by atoms with van der Waals surface area (Å²) in [5.41, 5.74) is 32.6. The highest BCUT2D eigenvalue weighted by atomic mass is 32.1. The maximum atomic E-state index is 2.54. The number of aromatic nitrogens is 6. The van der Waals surface area contributed by atoms with Gasteiger partial charge in [-0.3, -0.25) is 9.13 Å².